The van der Waals surface area contributed by atoms with E-state index in [0.29, 0.717) is 25.0 Å². The first-order valence-corrected chi connectivity index (χ1v) is 11.5. The van der Waals surface area contributed by atoms with Crippen LogP contribution in [0.1, 0.15) is 37.7 Å². The van der Waals surface area contributed by atoms with Crippen LogP contribution in [0.4, 0.5) is 0 Å². The van der Waals surface area contributed by atoms with E-state index in [1.54, 1.807) is 13.3 Å². The van der Waals surface area contributed by atoms with Crippen molar-refractivity contribution in [1.29, 1.82) is 0 Å². The fourth-order valence-electron chi connectivity index (χ4n) is 4.47. The Morgan fingerprint density at radius 1 is 1.16 bits per heavy atom. The minimum atomic E-state index is 0.181. The highest BCUT2D eigenvalue weighted by molar-refractivity contribution is 5.70. The van der Waals surface area contributed by atoms with E-state index in [9.17, 15) is 5.11 Å². The minimum Gasteiger partial charge on any atom is -0.491 e. The van der Waals surface area contributed by atoms with Crippen LogP contribution in [0.3, 0.4) is 0 Å². The van der Waals surface area contributed by atoms with Crippen molar-refractivity contribution in [3.63, 3.8) is 0 Å². The van der Waals surface area contributed by atoms with Gasteiger partial charge < -0.3 is 19.3 Å². The summed E-state index contributed by atoms with van der Waals surface area (Å²) < 4.78 is 17.6. The first kappa shape index (κ1) is 22.1. The Morgan fingerprint density at radius 3 is 2.77 bits per heavy atom. The summed E-state index contributed by atoms with van der Waals surface area (Å²) in [4.78, 5) is 6.81. The van der Waals surface area contributed by atoms with Crippen LogP contribution < -0.4 is 9.47 Å². The highest BCUT2D eigenvalue weighted by Crippen LogP contribution is 2.33. The molecule has 0 spiro atoms. The number of ether oxygens (including phenoxy) is 3. The molecule has 0 aliphatic carbocycles. The fraction of sp³-hybridized carbons (Fsp3) is 0.560. The van der Waals surface area contributed by atoms with Gasteiger partial charge in [-0.15, -0.1) is 0 Å². The lowest BCUT2D eigenvalue weighted by Gasteiger charge is -2.31. The van der Waals surface area contributed by atoms with Crippen molar-refractivity contribution >= 4 is 0 Å². The predicted octanol–water partition coefficient (Wildman–Crippen LogP) is 3.91. The van der Waals surface area contributed by atoms with E-state index >= 15 is 0 Å². The van der Waals surface area contributed by atoms with Crippen molar-refractivity contribution in [2.75, 3.05) is 40.0 Å². The maximum Gasteiger partial charge on any atom is 0.221 e. The molecule has 1 N–H and O–H groups in total. The van der Waals surface area contributed by atoms with Crippen LogP contribution in [0.2, 0.25) is 0 Å². The maximum atomic E-state index is 9.45. The summed E-state index contributed by atoms with van der Waals surface area (Å²) in [6.45, 7) is 4.54. The van der Waals surface area contributed by atoms with Crippen LogP contribution in [-0.4, -0.2) is 61.1 Å². The zero-order valence-corrected chi connectivity index (χ0v) is 18.5. The van der Waals surface area contributed by atoms with Crippen molar-refractivity contribution in [2.24, 2.45) is 5.92 Å². The Labute approximate surface area is 185 Å². The third kappa shape index (κ3) is 5.76. The summed E-state index contributed by atoms with van der Waals surface area (Å²) in [5, 5.41) is 9.45. The number of nitrogens with zero attached hydrogens (tertiary/aromatic N) is 2. The molecule has 2 fully saturated rings. The fourth-order valence-corrected chi connectivity index (χ4v) is 4.47. The highest BCUT2D eigenvalue weighted by Gasteiger charge is 2.21. The van der Waals surface area contributed by atoms with Gasteiger partial charge in [0.05, 0.1) is 13.2 Å². The quantitative estimate of drug-likeness (QED) is 0.691. The minimum absolute atomic E-state index is 0.181. The number of aromatic nitrogens is 1. The monoisotopic (exact) mass is 426 g/mol. The number of pyridine rings is 1. The molecular weight excluding hydrogens is 392 g/mol. The van der Waals surface area contributed by atoms with Gasteiger partial charge >= 0.3 is 0 Å². The molecule has 0 saturated carbocycles. The molecule has 2 aliphatic rings. The molecule has 4 rings (SSSR count). The van der Waals surface area contributed by atoms with Gasteiger partial charge in [0.25, 0.3) is 0 Å². The van der Waals surface area contributed by atoms with E-state index in [0.717, 1.165) is 68.8 Å². The number of methoxy groups -OCH3 is 1. The first-order valence-electron chi connectivity index (χ1n) is 11.5. The molecule has 6 heteroatoms. The molecule has 0 radical (unpaired) electrons. The normalized spacial score (nSPS) is 20.5. The average molecular weight is 427 g/mol. The largest absolute Gasteiger partial charge is 0.491 e. The summed E-state index contributed by atoms with van der Waals surface area (Å²) >= 11 is 0. The van der Waals surface area contributed by atoms with Crippen LogP contribution in [0.25, 0.3) is 11.1 Å². The predicted molar refractivity (Wildman–Crippen MR) is 120 cm³/mol. The summed E-state index contributed by atoms with van der Waals surface area (Å²) in [6.07, 6.45) is 7.43. The van der Waals surface area contributed by atoms with E-state index in [4.69, 9.17) is 14.2 Å². The Kier molecular flexibility index (Phi) is 7.78. The van der Waals surface area contributed by atoms with Gasteiger partial charge in [0.1, 0.15) is 12.4 Å². The van der Waals surface area contributed by atoms with Crippen molar-refractivity contribution < 1.29 is 19.3 Å². The second-order valence-electron chi connectivity index (χ2n) is 8.58. The van der Waals surface area contributed by atoms with Crippen molar-refractivity contribution in [2.45, 2.75) is 44.8 Å². The summed E-state index contributed by atoms with van der Waals surface area (Å²) in [7, 11) is 1.65. The third-order valence-corrected chi connectivity index (χ3v) is 6.39. The molecule has 0 amide bonds. The summed E-state index contributed by atoms with van der Waals surface area (Å²) in [6, 6.07) is 10.3. The summed E-state index contributed by atoms with van der Waals surface area (Å²) in [5.41, 5.74) is 3.22. The van der Waals surface area contributed by atoms with Crippen LogP contribution >= 0.6 is 0 Å². The number of likely N-dealkylation sites (tertiary alicyclic amines) is 1. The van der Waals surface area contributed by atoms with Crippen LogP contribution in [0, 0.1) is 5.92 Å². The Bertz CT molecular complexity index is 830. The standard InChI is InChI=1S/C25H34N2O4/c1-29-25-23(6-4-11-26-25)20-7-8-24(31-18-22-5-2-3-14-30-22)21(15-20)16-27-12-9-19(17-28)10-13-27/h4,6-8,11,15,19,22,28H,2-3,5,9-10,12-14,16-18H2,1H3. The molecule has 168 valence electrons. The van der Waals surface area contributed by atoms with Gasteiger partial charge in [-0.05, 0) is 80.9 Å². The van der Waals surface area contributed by atoms with Gasteiger partial charge in [-0.2, -0.15) is 0 Å². The molecule has 1 atom stereocenters. The number of aliphatic hydroxyl groups is 1. The molecule has 0 bridgehead atoms. The molecule has 1 aromatic heterocycles. The van der Waals surface area contributed by atoms with Gasteiger partial charge in [0.2, 0.25) is 5.88 Å². The molecule has 1 unspecified atom stereocenters. The lowest BCUT2D eigenvalue weighted by Crippen LogP contribution is -2.34. The zero-order valence-electron chi connectivity index (χ0n) is 18.5. The van der Waals surface area contributed by atoms with E-state index in [-0.39, 0.29) is 6.10 Å². The van der Waals surface area contributed by atoms with Crippen LogP contribution in [0.5, 0.6) is 11.6 Å². The zero-order chi connectivity index (χ0) is 21.5. The second kappa shape index (κ2) is 10.9. The first-order chi connectivity index (χ1) is 15.3. The van der Waals surface area contributed by atoms with E-state index in [1.807, 2.05) is 12.1 Å². The third-order valence-electron chi connectivity index (χ3n) is 6.39. The Morgan fingerprint density at radius 2 is 2.03 bits per heavy atom. The number of benzene rings is 1. The molecule has 2 saturated heterocycles. The van der Waals surface area contributed by atoms with Gasteiger partial charge in [-0.25, -0.2) is 4.98 Å². The maximum absolute atomic E-state index is 9.45. The second-order valence-corrected chi connectivity index (χ2v) is 8.58. The number of rotatable bonds is 8. The van der Waals surface area contributed by atoms with E-state index in [1.165, 1.54) is 12.0 Å². The van der Waals surface area contributed by atoms with E-state index < -0.39 is 0 Å². The number of hydrogen-bond donors (Lipinski definition) is 1. The van der Waals surface area contributed by atoms with Gasteiger partial charge in [0, 0.05) is 37.1 Å². The molecule has 1 aromatic carbocycles. The van der Waals surface area contributed by atoms with Crippen LogP contribution in [-0.2, 0) is 11.3 Å². The lowest BCUT2D eigenvalue weighted by molar-refractivity contribution is -0.0113. The van der Waals surface area contributed by atoms with Gasteiger partial charge in [-0.1, -0.05) is 6.07 Å². The molecule has 3 heterocycles. The Balaban J connectivity index is 1.54. The SMILES string of the molecule is COc1ncccc1-c1ccc(OCC2CCCCO2)c(CN2CCC(CO)CC2)c1. The highest BCUT2D eigenvalue weighted by atomic mass is 16.5. The smallest absolute Gasteiger partial charge is 0.221 e. The molecular formula is C25H34N2O4. The van der Waals surface area contributed by atoms with Crippen LogP contribution in [0.15, 0.2) is 36.5 Å². The number of hydrogen-bond acceptors (Lipinski definition) is 6. The average Bonchev–Trinajstić information content (AvgIpc) is 2.84. The van der Waals surface area contributed by atoms with Gasteiger partial charge in [0.15, 0.2) is 0 Å². The van der Waals surface area contributed by atoms with Crippen molar-refractivity contribution in [3.05, 3.63) is 42.1 Å². The Hall–Kier alpha value is -2.15. The van der Waals surface area contributed by atoms with E-state index in [2.05, 4.69) is 28.1 Å². The number of piperidine rings is 1. The lowest BCUT2D eigenvalue weighted by atomic mass is 9.97. The molecule has 2 aliphatic heterocycles. The topological polar surface area (TPSA) is 64.0 Å². The number of aliphatic hydroxyl groups excluding tert-OH is 1. The summed E-state index contributed by atoms with van der Waals surface area (Å²) in [5.74, 6) is 1.98. The van der Waals surface area contributed by atoms with Gasteiger partial charge in [-0.3, -0.25) is 4.90 Å². The molecule has 2 aromatic rings. The molecule has 6 nitrogen and oxygen atoms in total. The van der Waals surface area contributed by atoms with Crippen molar-refractivity contribution in [1.82, 2.24) is 9.88 Å². The molecule has 31 heavy (non-hydrogen) atoms. The van der Waals surface area contributed by atoms with Crippen molar-refractivity contribution in [3.8, 4) is 22.8 Å².